The Morgan fingerprint density at radius 2 is 1.83 bits per heavy atom. The summed E-state index contributed by atoms with van der Waals surface area (Å²) in [6, 6.07) is 13.0. The van der Waals surface area contributed by atoms with Gasteiger partial charge in [0.25, 0.3) is 0 Å². The molecule has 0 fully saturated rings. The minimum Gasteiger partial charge on any atom is -0.323 e. The molecule has 0 saturated heterocycles. The van der Waals surface area contributed by atoms with Crippen molar-refractivity contribution in [2.45, 2.75) is 26.4 Å². The van der Waals surface area contributed by atoms with E-state index in [1.165, 1.54) is 11.1 Å². The average Bonchev–Trinajstić information content (AvgIpc) is 2.52. The van der Waals surface area contributed by atoms with Gasteiger partial charge in [0.1, 0.15) is 0 Å². The molecule has 0 bridgehead atoms. The number of hydrogen-bond donors (Lipinski definition) is 1. The van der Waals surface area contributed by atoms with Gasteiger partial charge in [0.15, 0.2) is 0 Å². The van der Waals surface area contributed by atoms with Crippen molar-refractivity contribution in [3.8, 4) is 0 Å². The van der Waals surface area contributed by atoms with Crippen LogP contribution in [0.25, 0.3) is 0 Å². The molecule has 0 aliphatic carbocycles. The normalized spacial score (nSPS) is 12.3. The van der Waals surface area contributed by atoms with Crippen LogP contribution in [0.3, 0.4) is 0 Å². The smallest absolute Gasteiger partial charge is 0.241 e. The number of likely N-dealkylation sites (N-methyl/N-ethyl adjacent to an activating group) is 1. The second kappa shape index (κ2) is 7.82. The number of halogens is 2. The Hall–Kier alpha value is -1.55. The van der Waals surface area contributed by atoms with Crippen LogP contribution in [0.1, 0.15) is 18.1 Å². The number of carbonyl (C=O) groups is 1. The first-order valence-electron chi connectivity index (χ1n) is 7.38. The van der Waals surface area contributed by atoms with Crippen molar-refractivity contribution < 1.29 is 4.79 Å². The molecule has 0 radical (unpaired) electrons. The maximum absolute atomic E-state index is 12.4. The predicted octanol–water partition coefficient (Wildman–Crippen LogP) is 4.76. The number of aryl methyl sites for hydroxylation is 1. The van der Waals surface area contributed by atoms with E-state index in [1.54, 1.807) is 18.2 Å². The van der Waals surface area contributed by atoms with E-state index in [0.717, 1.165) is 0 Å². The lowest BCUT2D eigenvalue weighted by molar-refractivity contribution is -0.120. The summed E-state index contributed by atoms with van der Waals surface area (Å²) in [5.41, 5.74) is 2.91. The van der Waals surface area contributed by atoms with Gasteiger partial charge in [-0.05, 0) is 44.7 Å². The lowest BCUT2D eigenvalue weighted by Crippen LogP contribution is -2.39. The maximum atomic E-state index is 12.4. The van der Waals surface area contributed by atoms with Crippen molar-refractivity contribution in [1.29, 1.82) is 0 Å². The Balaban J connectivity index is 2.00. The van der Waals surface area contributed by atoms with Crippen LogP contribution in [-0.2, 0) is 11.3 Å². The molecule has 122 valence electrons. The minimum atomic E-state index is -0.300. The number of nitrogens with zero attached hydrogens (tertiary/aromatic N) is 1. The molecule has 1 atom stereocenters. The highest BCUT2D eigenvalue weighted by Gasteiger charge is 2.19. The molecule has 2 rings (SSSR count). The Bertz CT molecular complexity index is 686. The van der Waals surface area contributed by atoms with Gasteiger partial charge in [0.05, 0.1) is 16.8 Å². The Morgan fingerprint density at radius 1 is 1.17 bits per heavy atom. The lowest BCUT2D eigenvalue weighted by Gasteiger charge is -2.24. The van der Waals surface area contributed by atoms with Crippen LogP contribution in [0.15, 0.2) is 42.5 Å². The van der Waals surface area contributed by atoms with Crippen molar-refractivity contribution in [3.05, 3.63) is 63.6 Å². The maximum Gasteiger partial charge on any atom is 0.241 e. The van der Waals surface area contributed by atoms with Gasteiger partial charge in [-0.2, -0.15) is 0 Å². The number of rotatable bonds is 5. The Morgan fingerprint density at radius 3 is 2.48 bits per heavy atom. The van der Waals surface area contributed by atoms with Gasteiger partial charge in [-0.1, -0.05) is 53.0 Å². The summed E-state index contributed by atoms with van der Waals surface area (Å²) in [4.78, 5) is 14.4. The number of anilines is 1. The number of benzene rings is 2. The molecule has 2 aromatic rings. The van der Waals surface area contributed by atoms with Crippen LogP contribution in [0, 0.1) is 6.92 Å². The molecular weight excluding hydrogens is 331 g/mol. The van der Waals surface area contributed by atoms with E-state index in [1.807, 2.05) is 18.9 Å². The van der Waals surface area contributed by atoms with Gasteiger partial charge < -0.3 is 5.32 Å². The molecule has 3 nitrogen and oxygen atoms in total. The monoisotopic (exact) mass is 350 g/mol. The summed E-state index contributed by atoms with van der Waals surface area (Å²) in [6.45, 7) is 4.61. The van der Waals surface area contributed by atoms with Crippen molar-refractivity contribution >= 4 is 34.8 Å². The predicted molar refractivity (Wildman–Crippen MR) is 97.2 cm³/mol. The van der Waals surface area contributed by atoms with E-state index in [0.29, 0.717) is 22.3 Å². The van der Waals surface area contributed by atoms with E-state index >= 15 is 0 Å². The summed E-state index contributed by atoms with van der Waals surface area (Å²) in [7, 11) is 1.92. The molecule has 0 saturated carbocycles. The largest absolute Gasteiger partial charge is 0.323 e. The number of carbonyl (C=O) groups excluding carboxylic acids is 1. The molecule has 0 unspecified atom stereocenters. The summed E-state index contributed by atoms with van der Waals surface area (Å²) in [6.07, 6.45) is 0. The summed E-state index contributed by atoms with van der Waals surface area (Å²) in [5, 5.41) is 3.83. The number of hydrogen-bond acceptors (Lipinski definition) is 2. The molecule has 0 heterocycles. The first-order valence-corrected chi connectivity index (χ1v) is 8.14. The van der Waals surface area contributed by atoms with Crippen LogP contribution >= 0.6 is 23.2 Å². The Kier molecular flexibility index (Phi) is 6.05. The Labute approximate surface area is 147 Å². The van der Waals surface area contributed by atoms with Crippen LogP contribution in [0.2, 0.25) is 10.0 Å². The van der Waals surface area contributed by atoms with Crippen molar-refractivity contribution in [3.63, 3.8) is 0 Å². The van der Waals surface area contributed by atoms with Crippen molar-refractivity contribution in [1.82, 2.24) is 4.90 Å². The fourth-order valence-corrected chi connectivity index (χ4v) is 2.49. The van der Waals surface area contributed by atoms with E-state index < -0.39 is 0 Å². The third-order valence-electron chi connectivity index (χ3n) is 3.78. The highest BCUT2D eigenvalue weighted by Crippen LogP contribution is 2.25. The van der Waals surface area contributed by atoms with Crippen LogP contribution < -0.4 is 5.32 Å². The molecule has 1 N–H and O–H groups in total. The molecule has 0 spiro atoms. The topological polar surface area (TPSA) is 32.3 Å². The molecule has 2 aromatic carbocycles. The van der Waals surface area contributed by atoms with Crippen molar-refractivity contribution in [2.75, 3.05) is 12.4 Å². The lowest BCUT2D eigenvalue weighted by atomic mass is 10.1. The van der Waals surface area contributed by atoms with Gasteiger partial charge in [-0.25, -0.2) is 0 Å². The van der Waals surface area contributed by atoms with Gasteiger partial charge >= 0.3 is 0 Å². The minimum absolute atomic E-state index is 0.122. The third-order valence-corrected chi connectivity index (χ3v) is 4.34. The second-order valence-electron chi connectivity index (χ2n) is 5.69. The molecule has 0 aliphatic rings. The highest BCUT2D eigenvalue weighted by molar-refractivity contribution is 6.35. The zero-order valence-electron chi connectivity index (χ0n) is 13.4. The summed E-state index contributed by atoms with van der Waals surface area (Å²) >= 11 is 12.0. The van der Waals surface area contributed by atoms with Crippen LogP contribution in [0.5, 0.6) is 0 Å². The van der Waals surface area contributed by atoms with E-state index in [2.05, 4.69) is 36.5 Å². The van der Waals surface area contributed by atoms with Gasteiger partial charge in [-0.3, -0.25) is 9.69 Å². The first-order chi connectivity index (χ1) is 10.9. The van der Waals surface area contributed by atoms with Crippen LogP contribution in [-0.4, -0.2) is 23.9 Å². The first kappa shape index (κ1) is 17.8. The van der Waals surface area contributed by atoms with E-state index in [4.69, 9.17) is 23.2 Å². The standard InChI is InChI=1S/C18H20Cl2N2O/c1-12-4-6-14(7-5-12)11-22(3)13(2)18(23)21-17-10-15(19)8-9-16(17)20/h4-10,13H,11H2,1-3H3,(H,21,23)/t13-/m0/s1. The molecule has 1 amide bonds. The quantitative estimate of drug-likeness (QED) is 0.842. The van der Waals surface area contributed by atoms with E-state index in [-0.39, 0.29) is 11.9 Å². The SMILES string of the molecule is Cc1ccc(CN(C)[C@@H](C)C(=O)Nc2cc(Cl)ccc2Cl)cc1. The van der Waals surface area contributed by atoms with Gasteiger partial charge in [-0.15, -0.1) is 0 Å². The highest BCUT2D eigenvalue weighted by atomic mass is 35.5. The zero-order valence-corrected chi connectivity index (χ0v) is 14.9. The summed E-state index contributed by atoms with van der Waals surface area (Å²) < 4.78 is 0. The number of nitrogens with one attached hydrogen (secondary N) is 1. The second-order valence-corrected chi connectivity index (χ2v) is 6.53. The average molecular weight is 351 g/mol. The zero-order chi connectivity index (χ0) is 17.0. The molecule has 0 aromatic heterocycles. The fraction of sp³-hybridized carbons (Fsp3) is 0.278. The molecular formula is C18H20Cl2N2O. The molecule has 23 heavy (non-hydrogen) atoms. The molecule has 0 aliphatic heterocycles. The van der Waals surface area contributed by atoms with Crippen LogP contribution in [0.4, 0.5) is 5.69 Å². The number of amides is 1. The van der Waals surface area contributed by atoms with Crippen molar-refractivity contribution in [2.24, 2.45) is 0 Å². The fourth-order valence-electron chi connectivity index (χ4n) is 2.15. The van der Waals surface area contributed by atoms with E-state index in [9.17, 15) is 4.79 Å². The van der Waals surface area contributed by atoms with Gasteiger partial charge in [0, 0.05) is 11.6 Å². The molecule has 5 heteroatoms. The third kappa shape index (κ3) is 4.96. The summed E-state index contributed by atoms with van der Waals surface area (Å²) in [5.74, 6) is -0.122. The van der Waals surface area contributed by atoms with Gasteiger partial charge in [0.2, 0.25) is 5.91 Å².